The van der Waals surface area contributed by atoms with E-state index in [1.54, 1.807) is 11.3 Å². The number of hydrogen-bond acceptors (Lipinski definition) is 5. The maximum absolute atomic E-state index is 5.80. The molecule has 1 unspecified atom stereocenters. The van der Waals surface area contributed by atoms with Gasteiger partial charge in [0.05, 0.1) is 16.3 Å². The monoisotopic (exact) mass is 277 g/mol. The van der Waals surface area contributed by atoms with Crippen LogP contribution in [-0.4, -0.2) is 31.3 Å². The molecule has 2 aromatic rings. The number of nitrogens with zero attached hydrogens (tertiary/aromatic N) is 2. The average molecular weight is 277 g/mol. The minimum absolute atomic E-state index is 0.343. The third-order valence-corrected chi connectivity index (χ3v) is 4.61. The van der Waals surface area contributed by atoms with Crippen molar-refractivity contribution in [2.45, 2.75) is 25.4 Å². The second-order valence-corrected chi connectivity index (χ2v) is 6.10. The zero-order chi connectivity index (χ0) is 13.2. The van der Waals surface area contributed by atoms with E-state index in [1.807, 2.05) is 18.2 Å². The van der Waals surface area contributed by atoms with Crippen LogP contribution in [0, 0.1) is 0 Å². The van der Waals surface area contributed by atoms with Gasteiger partial charge in [-0.3, -0.25) is 0 Å². The van der Waals surface area contributed by atoms with E-state index in [4.69, 9.17) is 10.5 Å². The fraction of sp³-hybridized carbons (Fsp3) is 0.500. The number of ether oxygens (including phenoxy) is 1. The zero-order valence-corrected chi connectivity index (χ0v) is 11.9. The number of aromatic nitrogens is 1. The highest BCUT2D eigenvalue weighted by atomic mass is 32.1. The summed E-state index contributed by atoms with van der Waals surface area (Å²) in [5, 5.41) is 1.04. The van der Waals surface area contributed by atoms with Crippen molar-refractivity contribution in [3.63, 3.8) is 0 Å². The fourth-order valence-electron chi connectivity index (χ4n) is 2.43. The molecular weight excluding hydrogens is 258 g/mol. The van der Waals surface area contributed by atoms with Crippen LogP contribution in [0.3, 0.4) is 0 Å². The van der Waals surface area contributed by atoms with Crippen molar-refractivity contribution in [1.29, 1.82) is 0 Å². The minimum atomic E-state index is 0.343. The normalized spacial score (nSPS) is 19.7. The van der Waals surface area contributed by atoms with Gasteiger partial charge in [0.15, 0.2) is 5.13 Å². The molecule has 1 aromatic carbocycles. The van der Waals surface area contributed by atoms with Crippen LogP contribution in [0.5, 0.6) is 0 Å². The lowest BCUT2D eigenvalue weighted by Gasteiger charge is -2.27. The molecule has 0 saturated carbocycles. The van der Waals surface area contributed by atoms with E-state index in [0.29, 0.717) is 6.10 Å². The summed E-state index contributed by atoms with van der Waals surface area (Å²) in [5.74, 6) is 0. The highest BCUT2D eigenvalue weighted by Crippen LogP contribution is 2.30. The predicted octanol–water partition coefficient (Wildman–Crippen LogP) is 2.88. The molecule has 1 aliphatic heterocycles. The van der Waals surface area contributed by atoms with Crippen molar-refractivity contribution in [2.24, 2.45) is 0 Å². The summed E-state index contributed by atoms with van der Waals surface area (Å²) >= 11 is 1.69. The van der Waals surface area contributed by atoms with E-state index in [0.717, 1.165) is 40.6 Å². The van der Waals surface area contributed by atoms with Gasteiger partial charge in [-0.05, 0) is 37.5 Å². The summed E-state index contributed by atoms with van der Waals surface area (Å²) in [6.07, 6.45) is 3.97. The number of fused-ring (bicyclic) bond motifs is 1. The molecular formula is C14H19N3OS. The van der Waals surface area contributed by atoms with Crippen LogP contribution in [0.1, 0.15) is 19.3 Å². The Morgan fingerprint density at radius 2 is 2.37 bits per heavy atom. The summed E-state index contributed by atoms with van der Waals surface area (Å²) in [5.41, 5.74) is 7.62. The molecule has 0 radical (unpaired) electrons. The molecule has 2 N–H and O–H groups in total. The Balaban J connectivity index is 1.75. The van der Waals surface area contributed by atoms with Gasteiger partial charge >= 0.3 is 0 Å². The molecule has 1 atom stereocenters. The van der Waals surface area contributed by atoms with Gasteiger partial charge in [-0.2, -0.15) is 0 Å². The van der Waals surface area contributed by atoms with Crippen LogP contribution in [0.4, 0.5) is 10.8 Å². The lowest BCUT2D eigenvalue weighted by atomic mass is 10.1. The molecule has 1 saturated heterocycles. The SMILES string of the molecule is CN(CC1CCCCO1)c1nc2ccc(N)cc2s1. The molecule has 5 heteroatoms. The van der Waals surface area contributed by atoms with Crippen molar-refractivity contribution in [2.75, 3.05) is 30.8 Å². The van der Waals surface area contributed by atoms with Gasteiger partial charge in [0.2, 0.25) is 0 Å². The topological polar surface area (TPSA) is 51.4 Å². The molecule has 0 spiro atoms. The van der Waals surface area contributed by atoms with Gasteiger partial charge in [-0.25, -0.2) is 4.98 Å². The first-order valence-corrected chi connectivity index (χ1v) is 7.53. The number of rotatable bonds is 3. The first-order valence-electron chi connectivity index (χ1n) is 6.71. The molecule has 2 heterocycles. The first kappa shape index (κ1) is 12.7. The number of nitrogen functional groups attached to an aromatic ring is 1. The molecule has 0 aliphatic carbocycles. The Hall–Kier alpha value is -1.33. The zero-order valence-electron chi connectivity index (χ0n) is 11.1. The lowest BCUT2D eigenvalue weighted by molar-refractivity contribution is 0.0216. The Kier molecular flexibility index (Phi) is 3.57. The van der Waals surface area contributed by atoms with Gasteiger partial charge in [0, 0.05) is 25.9 Å². The van der Waals surface area contributed by atoms with Crippen molar-refractivity contribution in [3.05, 3.63) is 18.2 Å². The second-order valence-electron chi connectivity index (χ2n) is 5.09. The van der Waals surface area contributed by atoms with E-state index >= 15 is 0 Å². The standard InChI is InChI=1S/C14H19N3OS/c1-17(9-11-4-2-3-7-18-11)14-16-12-6-5-10(15)8-13(12)19-14/h5-6,8,11H,2-4,7,9,15H2,1H3. The van der Waals surface area contributed by atoms with E-state index in [2.05, 4.69) is 16.9 Å². The second kappa shape index (κ2) is 5.35. The maximum atomic E-state index is 5.80. The van der Waals surface area contributed by atoms with Crippen molar-refractivity contribution < 1.29 is 4.74 Å². The van der Waals surface area contributed by atoms with Crippen LogP contribution >= 0.6 is 11.3 Å². The molecule has 4 nitrogen and oxygen atoms in total. The van der Waals surface area contributed by atoms with Crippen molar-refractivity contribution >= 4 is 32.4 Å². The Labute approximate surface area is 117 Å². The number of anilines is 2. The highest BCUT2D eigenvalue weighted by Gasteiger charge is 2.17. The average Bonchev–Trinajstić information content (AvgIpc) is 2.83. The first-order chi connectivity index (χ1) is 9.22. The molecule has 102 valence electrons. The molecule has 3 rings (SSSR count). The van der Waals surface area contributed by atoms with E-state index in [9.17, 15) is 0 Å². The van der Waals surface area contributed by atoms with Gasteiger partial charge in [-0.1, -0.05) is 11.3 Å². The third kappa shape index (κ3) is 2.82. The van der Waals surface area contributed by atoms with Crippen LogP contribution < -0.4 is 10.6 Å². The van der Waals surface area contributed by atoms with E-state index < -0.39 is 0 Å². The highest BCUT2D eigenvalue weighted by molar-refractivity contribution is 7.22. The Bertz CT molecular complexity index is 563. The molecule has 1 aliphatic rings. The number of thiazole rings is 1. The Morgan fingerprint density at radius 3 is 3.16 bits per heavy atom. The number of hydrogen-bond donors (Lipinski definition) is 1. The molecule has 0 bridgehead atoms. The van der Waals surface area contributed by atoms with Gasteiger partial charge in [0.1, 0.15) is 0 Å². The molecule has 1 fully saturated rings. The van der Waals surface area contributed by atoms with Crippen molar-refractivity contribution in [3.8, 4) is 0 Å². The number of benzene rings is 1. The van der Waals surface area contributed by atoms with Crippen LogP contribution in [0.25, 0.3) is 10.2 Å². The fourth-order valence-corrected chi connectivity index (χ4v) is 3.41. The quantitative estimate of drug-likeness (QED) is 0.876. The van der Waals surface area contributed by atoms with Gasteiger partial charge in [-0.15, -0.1) is 0 Å². The van der Waals surface area contributed by atoms with Crippen molar-refractivity contribution in [1.82, 2.24) is 4.98 Å². The number of nitrogens with two attached hydrogens (primary N) is 1. The molecule has 1 aromatic heterocycles. The summed E-state index contributed by atoms with van der Waals surface area (Å²) in [4.78, 5) is 6.84. The molecule has 0 amide bonds. The minimum Gasteiger partial charge on any atom is -0.399 e. The summed E-state index contributed by atoms with van der Waals surface area (Å²) < 4.78 is 6.92. The van der Waals surface area contributed by atoms with Crippen LogP contribution in [0.2, 0.25) is 0 Å². The summed E-state index contributed by atoms with van der Waals surface area (Å²) in [6, 6.07) is 5.87. The number of likely N-dealkylation sites (N-methyl/N-ethyl adjacent to an activating group) is 1. The molecule has 19 heavy (non-hydrogen) atoms. The summed E-state index contributed by atoms with van der Waals surface area (Å²) in [7, 11) is 2.08. The lowest BCUT2D eigenvalue weighted by Crippen LogP contribution is -2.33. The van der Waals surface area contributed by atoms with Gasteiger partial charge < -0.3 is 15.4 Å². The van der Waals surface area contributed by atoms with Crippen LogP contribution in [-0.2, 0) is 4.74 Å². The summed E-state index contributed by atoms with van der Waals surface area (Å²) in [6.45, 7) is 1.81. The largest absolute Gasteiger partial charge is 0.399 e. The maximum Gasteiger partial charge on any atom is 0.186 e. The van der Waals surface area contributed by atoms with E-state index in [-0.39, 0.29) is 0 Å². The van der Waals surface area contributed by atoms with E-state index in [1.165, 1.54) is 12.8 Å². The third-order valence-electron chi connectivity index (χ3n) is 3.48. The van der Waals surface area contributed by atoms with Crippen LogP contribution in [0.15, 0.2) is 18.2 Å². The predicted molar refractivity (Wildman–Crippen MR) is 80.9 cm³/mol. The Morgan fingerprint density at radius 1 is 1.47 bits per heavy atom. The van der Waals surface area contributed by atoms with Gasteiger partial charge in [0.25, 0.3) is 0 Å². The smallest absolute Gasteiger partial charge is 0.186 e.